The molecule has 3 rings (SSSR count). The fourth-order valence-corrected chi connectivity index (χ4v) is 3.57. The molecule has 2 aliphatic heterocycles. The van der Waals surface area contributed by atoms with Gasteiger partial charge in [0.1, 0.15) is 5.75 Å². The molecule has 2 aliphatic rings. The van der Waals surface area contributed by atoms with Gasteiger partial charge in [0, 0.05) is 31.1 Å². The smallest absolute Gasteiger partial charge is 0.253 e. The van der Waals surface area contributed by atoms with Crippen LogP contribution in [0.3, 0.4) is 0 Å². The molecule has 0 saturated carbocycles. The maximum atomic E-state index is 12.7. The monoisotopic (exact) mass is 302 g/mol. The van der Waals surface area contributed by atoms with Gasteiger partial charge in [-0.2, -0.15) is 0 Å². The number of nitrogens with zero attached hydrogens (tertiary/aromatic N) is 1. The molecule has 0 unspecified atom stereocenters. The molecule has 1 aromatic carbocycles. The lowest BCUT2D eigenvalue weighted by Crippen LogP contribution is -2.33. The van der Waals surface area contributed by atoms with E-state index in [1.807, 2.05) is 23.1 Å². The van der Waals surface area contributed by atoms with Crippen LogP contribution in [0.15, 0.2) is 18.2 Å². The van der Waals surface area contributed by atoms with Gasteiger partial charge < -0.3 is 15.4 Å². The number of hydrogen-bond acceptors (Lipinski definition) is 3. The van der Waals surface area contributed by atoms with E-state index in [-0.39, 0.29) is 17.4 Å². The summed E-state index contributed by atoms with van der Waals surface area (Å²) in [6.07, 6.45) is 1.94. The summed E-state index contributed by atoms with van der Waals surface area (Å²) in [6, 6.07) is 5.85. The van der Waals surface area contributed by atoms with E-state index >= 15 is 0 Å². The molecular formula is C18H26N2O2. The quantitative estimate of drug-likeness (QED) is 0.913. The van der Waals surface area contributed by atoms with Gasteiger partial charge in [-0.1, -0.05) is 20.8 Å². The zero-order chi connectivity index (χ0) is 15.9. The van der Waals surface area contributed by atoms with Crippen molar-refractivity contribution >= 4 is 5.91 Å². The van der Waals surface area contributed by atoms with Gasteiger partial charge >= 0.3 is 0 Å². The minimum Gasteiger partial charge on any atom is -0.493 e. The number of rotatable bonds is 2. The lowest BCUT2D eigenvalue weighted by atomic mass is 9.83. The van der Waals surface area contributed by atoms with Crippen LogP contribution in [0.5, 0.6) is 5.75 Å². The number of fused-ring (bicyclic) bond motifs is 1. The van der Waals surface area contributed by atoms with Gasteiger partial charge in [-0.3, -0.25) is 4.79 Å². The number of amides is 1. The minimum absolute atomic E-state index is 0.0842. The standard InChI is InChI=1S/C18H26N2O2/c1-18(2,3)9-14-10-20(11-15(14)19)17(21)13-4-5-16-12(8-13)6-7-22-16/h4-5,8,14-15H,6-7,9-11,19H2,1-3H3/t14-,15-/m1/s1. The molecule has 2 N–H and O–H groups in total. The van der Waals surface area contributed by atoms with Crippen LogP contribution >= 0.6 is 0 Å². The molecule has 4 nitrogen and oxygen atoms in total. The van der Waals surface area contributed by atoms with Crippen molar-refractivity contribution in [2.24, 2.45) is 17.1 Å². The lowest BCUT2D eigenvalue weighted by Gasteiger charge is -2.24. The summed E-state index contributed by atoms with van der Waals surface area (Å²) in [5.74, 6) is 1.41. The molecule has 120 valence electrons. The van der Waals surface area contributed by atoms with Gasteiger partial charge in [0.25, 0.3) is 5.91 Å². The third kappa shape index (κ3) is 3.12. The van der Waals surface area contributed by atoms with Crippen LogP contribution in [0.4, 0.5) is 0 Å². The summed E-state index contributed by atoms with van der Waals surface area (Å²) in [7, 11) is 0. The largest absolute Gasteiger partial charge is 0.493 e. The predicted octanol–water partition coefficient (Wildman–Crippen LogP) is 2.46. The Balaban J connectivity index is 1.71. The van der Waals surface area contributed by atoms with E-state index in [2.05, 4.69) is 20.8 Å². The van der Waals surface area contributed by atoms with Gasteiger partial charge in [0.05, 0.1) is 6.61 Å². The van der Waals surface area contributed by atoms with Crippen LogP contribution in [0.25, 0.3) is 0 Å². The van der Waals surface area contributed by atoms with Crippen molar-refractivity contribution < 1.29 is 9.53 Å². The van der Waals surface area contributed by atoms with E-state index in [0.29, 0.717) is 12.5 Å². The van der Waals surface area contributed by atoms with E-state index in [1.54, 1.807) is 0 Å². The lowest BCUT2D eigenvalue weighted by molar-refractivity contribution is 0.0782. The van der Waals surface area contributed by atoms with Crippen LogP contribution in [-0.4, -0.2) is 36.5 Å². The maximum Gasteiger partial charge on any atom is 0.253 e. The van der Waals surface area contributed by atoms with Crippen molar-refractivity contribution in [1.29, 1.82) is 0 Å². The highest BCUT2D eigenvalue weighted by Gasteiger charge is 2.35. The third-order valence-corrected chi connectivity index (χ3v) is 4.59. The average Bonchev–Trinajstić information content (AvgIpc) is 3.03. The van der Waals surface area contributed by atoms with Gasteiger partial charge in [-0.05, 0) is 41.5 Å². The van der Waals surface area contributed by atoms with E-state index in [0.717, 1.165) is 42.9 Å². The molecule has 0 aliphatic carbocycles. The van der Waals surface area contributed by atoms with Crippen molar-refractivity contribution in [3.8, 4) is 5.75 Å². The first kappa shape index (κ1) is 15.3. The second-order valence-electron chi connectivity index (χ2n) is 7.82. The number of ether oxygens (including phenoxy) is 1. The fraction of sp³-hybridized carbons (Fsp3) is 0.611. The molecule has 1 saturated heterocycles. The highest BCUT2D eigenvalue weighted by atomic mass is 16.5. The van der Waals surface area contributed by atoms with Crippen LogP contribution < -0.4 is 10.5 Å². The topological polar surface area (TPSA) is 55.6 Å². The molecular weight excluding hydrogens is 276 g/mol. The Morgan fingerprint density at radius 3 is 2.86 bits per heavy atom. The summed E-state index contributed by atoms with van der Waals surface area (Å²) in [5, 5.41) is 0. The van der Waals surface area contributed by atoms with Gasteiger partial charge in [-0.15, -0.1) is 0 Å². The van der Waals surface area contributed by atoms with Gasteiger partial charge in [0.15, 0.2) is 0 Å². The predicted molar refractivity (Wildman–Crippen MR) is 87.1 cm³/mol. The first-order chi connectivity index (χ1) is 10.3. The van der Waals surface area contributed by atoms with Gasteiger partial charge in [0.2, 0.25) is 0 Å². The molecule has 1 amide bonds. The first-order valence-electron chi connectivity index (χ1n) is 8.14. The number of hydrogen-bond donors (Lipinski definition) is 1. The van der Waals surface area contributed by atoms with E-state index < -0.39 is 0 Å². The molecule has 2 atom stereocenters. The van der Waals surface area contributed by atoms with Crippen molar-refractivity contribution in [2.75, 3.05) is 19.7 Å². The highest BCUT2D eigenvalue weighted by Crippen LogP contribution is 2.31. The number of benzene rings is 1. The van der Waals surface area contributed by atoms with Crippen LogP contribution in [0.1, 0.15) is 43.1 Å². The molecule has 22 heavy (non-hydrogen) atoms. The van der Waals surface area contributed by atoms with Crippen molar-refractivity contribution in [2.45, 2.75) is 39.7 Å². The van der Waals surface area contributed by atoms with Crippen molar-refractivity contribution in [3.63, 3.8) is 0 Å². The number of carbonyl (C=O) groups excluding carboxylic acids is 1. The number of nitrogens with two attached hydrogens (primary N) is 1. The molecule has 1 fully saturated rings. The summed E-state index contributed by atoms with van der Waals surface area (Å²) in [6.45, 7) is 8.83. The second kappa shape index (κ2) is 5.58. The number of carbonyl (C=O) groups is 1. The van der Waals surface area contributed by atoms with Crippen molar-refractivity contribution in [1.82, 2.24) is 4.90 Å². The van der Waals surface area contributed by atoms with Crippen molar-refractivity contribution in [3.05, 3.63) is 29.3 Å². The Bertz CT molecular complexity index is 577. The average molecular weight is 302 g/mol. The Labute approximate surface area is 132 Å². The summed E-state index contributed by atoms with van der Waals surface area (Å²) >= 11 is 0. The SMILES string of the molecule is CC(C)(C)C[C@@H]1CN(C(=O)c2ccc3c(c2)CCO3)C[C@H]1N. The first-order valence-corrected chi connectivity index (χ1v) is 8.14. The van der Waals surface area contributed by atoms with E-state index in [4.69, 9.17) is 10.5 Å². The normalized spacial score (nSPS) is 24.3. The van der Waals surface area contributed by atoms with E-state index in [1.165, 1.54) is 0 Å². The molecule has 1 aromatic rings. The Morgan fingerprint density at radius 1 is 1.36 bits per heavy atom. The zero-order valence-electron chi connectivity index (χ0n) is 13.8. The minimum atomic E-state index is 0.0842. The van der Waals surface area contributed by atoms with Crippen LogP contribution in [-0.2, 0) is 6.42 Å². The summed E-state index contributed by atoms with van der Waals surface area (Å²) in [4.78, 5) is 14.6. The molecule has 0 spiro atoms. The molecule has 0 radical (unpaired) electrons. The van der Waals surface area contributed by atoms with Crippen LogP contribution in [0.2, 0.25) is 0 Å². The van der Waals surface area contributed by atoms with Crippen LogP contribution in [0, 0.1) is 11.3 Å². The third-order valence-electron chi connectivity index (χ3n) is 4.59. The Morgan fingerprint density at radius 2 is 2.14 bits per heavy atom. The number of likely N-dealkylation sites (tertiary alicyclic amines) is 1. The second-order valence-corrected chi connectivity index (χ2v) is 7.82. The summed E-state index contributed by atoms with van der Waals surface area (Å²) in [5.41, 5.74) is 8.41. The zero-order valence-corrected chi connectivity index (χ0v) is 13.8. The van der Waals surface area contributed by atoms with E-state index in [9.17, 15) is 4.79 Å². The molecule has 2 heterocycles. The molecule has 4 heteroatoms. The Hall–Kier alpha value is -1.55. The molecule has 0 aromatic heterocycles. The summed E-state index contributed by atoms with van der Waals surface area (Å²) < 4.78 is 5.50. The molecule has 0 bridgehead atoms. The maximum absolute atomic E-state index is 12.7. The highest BCUT2D eigenvalue weighted by molar-refractivity contribution is 5.95. The van der Waals surface area contributed by atoms with Gasteiger partial charge in [-0.25, -0.2) is 0 Å². The Kier molecular flexibility index (Phi) is 3.89. The fourth-order valence-electron chi connectivity index (χ4n) is 3.57.